The van der Waals surface area contributed by atoms with E-state index < -0.39 is 0 Å². The smallest absolute Gasteiger partial charge is 0.223 e. The molecule has 27 heavy (non-hydrogen) atoms. The highest BCUT2D eigenvalue weighted by atomic mass is 16.5. The highest BCUT2D eigenvalue weighted by Crippen LogP contribution is 2.28. The van der Waals surface area contributed by atoms with Crippen LogP contribution in [0.3, 0.4) is 0 Å². The molecule has 144 valence electrons. The normalized spacial score (nSPS) is 23.3. The number of carbonyl (C=O) groups is 1. The lowest BCUT2D eigenvalue weighted by atomic mass is 9.81. The highest BCUT2D eigenvalue weighted by molar-refractivity contribution is 5.76. The molecule has 0 bridgehead atoms. The van der Waals surface area contributed by atoms with E-state index in [9.17, 15) is 4.79 Å². The van der Waals surface area contributed by atoms with Crippen LogP contribution in [0.1, 0.15) is 18.5 Å². The molecule has 2 aliphatic rings. The van der Waals surface area contributed by atoms with Crippen molar-refractivity contribution in [2.75, 3.05) is 39.4 Å². The molecule has 0 saturated carbocycles. The number of carbonyl (C=O) groups excluding carboxylic acids is 1. The van der Waals surface area contributed by atoms with Gasteiger partial charge < -0.3 is 19.5 Å². The van der Waals surface area contributed by atoms with Crippen LogP contribution in [0.15, 0.2) is 40.9 Å². The molecule has 6 nitrogen and oxygen atoms in total. The van der Waals surface area contributed by atoms with Crippen molar-refractivity contribution in [3.63, 3.8) is 0 Å². The lowest BCUT2D eigenvalue weighted by molar-refractivity contribution is -0.136. The average molecular weight is 369 g/mol. The van der Waals surface area contributed by atoms with Gasteiger partial charge in [0.25, 0.3) is 0 Å². The molecule has 0 aliphatic carbocycles. The third-order valence-electron chi connectivity index (χ3n) is 5.65. The molecule has 1 N–H and O–H groups in total. The van der Waals surface area contributed by atoms with Crippen LogP contribution in [0.25, 0.3) is 11.3 Å². The van der Waals surface area contributed by atoms with Crippen molar-refractivity contribution in [2.45, 2.75) is 19.3 Å². The summed E-state index contributed by atoms with van der Waals surface area (Å²) in [5.41, 5.74) is 2.00. The molecule has 1 aromatic heterocycles. The molecule has 2 atom stereocenters. The fourth-order valence-corrected chi connectivity index (χ4v) is 4.07. The number of benzene rings is 1. The summed E-state index contributed by atoms with van der Waals surface area (Å²) in [5.74, 6) is 1.85. The molecule has 1 aromatic carbocycles. The Morgan fingerprint density at radius 2 is 2.00 bits per heavy atom. The summed E-state index contributed by atoms with van der Waals surface area (Å²) < 4.78 is 10.9. The third kappa shape index (κ3) is 4.57. The van der Waals surface area contributed by atoms with Crippen LogP contribution >= 0.6 is 0 Å². The van der Waals surface area contributed by atoms with E-state index in [0.29, 0.717) is 31.5 Å². The van der Waals surface area contributed by atoms with Crippen molar-refractivity contribution in [1.82, 2.24) is 15.4 Å². The molecule has 0 radical (unpaired) electrons. The molecule has 4 rings (SSSR count). The molecule has 0 unspecified atom stereocenters. The van der Waals surface area contributed by atoms with Crippen LogP contribution in [0.2, 0.25) is 0 Å². The summed E-state index contributed by atoms with van der Waals surface area (Å²) in [7, 11) is 0. The first kappa shape index (κ1) is 18.2. The number of rotatable bonds is 5. The standard InChI is InChI=1S/C21H27N3O3/c25-21(24-8-10-26-11-9-24)13-17-6-7-22-15-18(17)12-19-14-20(27-23-19)16-4-2-1-3-5-16/h1-5,14,17-18,22H,6-13,15H2/t17-,18-/m0/s1. The lowest BCUT2D eigenvalue weighted by Crippen LogP contribution is -2.44. The van der Waals surface area contributed by atoms with Crippen molar-refractivity contribution in [3.8, 4) is 11.3 Å². The van der Waals surface area contributed by atoms with Crippen LogP contribution < -0.4 is 5.32 Å². The van der Waals surface area contributed by atoms with Gasteiger partial charge in [-0.2, -0.15) is 0 Å². The molecule has 2 aliphatic heterocycles. The van der Waals surface area contributed by atoms with Gasteiger partial charge in [0.15, 0.2) is 5.76 Å². The zero-order chi connectivity index (χ0) is 18.5. The van der Waals surface area contributed by atoms with E-state index >= 15 is 0 Å². The first-order valence-corrected chi connectivity index (χ1v) is 9.87. The van der Waals surface area contributed by atoms with Crippen molar-refractivity contribution in [2.24, 2.45) is 11.8 Å². The topological polar surface area (TPSA) is 67.6 Å². The zero-order valence-electron chi connectivity index (χ0n) is 15.6. The predicted molar refractivity (Wildman–Crippen MR) is 102 cm³/mol. The Morgan fingerprint density at radius 3 is 2.81 bits per heavy atom. The summed E-state index contributed by atoms with van der Waals surface area (Å²) in [6, 6.07) is 12.1. The van der Waals surface area contributed by atoms with Crippen LogP contribution in [-0.4, -0.2) is 55.4 Å². The summed E-state index contributed by atoms with van der Waals surface area (Å²) in [6.45, 7) is 4.65. The summed E-state index contributed by atoms with van der Waals surface area (Å²) in [4.78, 5) is 14.6. The Labute approximate surface area is 159 Å². The maximum atomic E-state index is 12.7. The molecule has 2 fully saturated rings. The van der Waals surface area contributed by atoms with Gasteiger partial charge in [0.1, 0.15) is 0 Å². The first-order chi connectivity index (χ1) is 13.3. The third-order valence-corrected chi connectivity index (χ3v) is 5.65. The van der Waals surface area contributed by atoms with E-state index in [2.05, 4.69) is 10.5 Å². The van der Waals surface area contributed by atoms with Gasteiger partial charge in [-0.15, -0.1) is 0 Å². The Morgan fingerprint density at radius 1 is 1.19 bits per heavy atom. The molecule has 6 heteroatoms. The number of aromatic nitrogens is 1. The first-order valence-electron chi connectivity index (χ1n) is 9.87. The van der Waals surface area contributed by atoms with Crippen LogP contribution in [0, 0.1) is 11.8 Å². The zero-order valence-corrected chi connectivity index (χ0v) is 15.6. The molecular formula is C21H27N3O3. The molecule has 2 saturated heterocycles. The minimum atomic E-state index is 0.264. The maximum Gasteiger partial charge on any atom is 0.223 e. The van der Waals surface area contributed by atoms with Gasteiger partial charge in [0.2, 0.25) is 5.91 Å². The van der Waals surface area contributed by atoms with E-state index in [1.54, 1.807) is 0 Å². The van der Waals surface area contributed by atoms with Crippen LogP contribution in [0.4, 0.5) is 0 Å². The minimum absolute atomic E-state index is 0.264. The molecule has 3 heterocycles. The van der Waals surface area contributed by atoms with E-state index in [1.165, 1.54) is 0 Å². The monoisotopic (exact) mass is 369 g/mol. The number of ether oxygens (including phenoxy) is 1. The number of hydrogen-bond donors (Lipinski definition) is 1. The van der Waals surface area contributed by atoms with Crippen LogP contribution in [-0.2, 0) is 16.0 Å². The van der Waals surface area contributed by atoms with Crippen molar-refractivity contribution < 1.29 is 14.1 Å². The Balaban J connectivity index is 1.39. The molecule has 0 spiro atoms. The summed E-state index contributed by atoms with van der Waals surface area (Å²) >= 11 is 0. The minimum Gasteiger partial charge on any atom is -0.378 e. The second kappa shape index (κ2) is 8.67. The van der Waals surface area contributed by atoms with Crippen molar-refractivity contribution in [3.05, 3.63) is 42.1 Å². The van der Waals surface area contributed by atoms with Gasteiger partial charge in [0.05, 0.1) is 18.9 Å². The van der Waals surface area contributed by atoms with Crippen molar-refractivity contribution >= 4 is 5.91 Å². The number of piperidine rings is 1. The maximum absolute atomic E-state index is 12.7. The fraction of sp³-hybridized carbons (Fsp3) is 0.524. The second-order valence-corrected chi connectivity index (χ2v) is 7.46. The van der Waals surface area contributed by atoms with Crippen LogP contribution in [0.5, 0.6) is 0 Å². The quantitative estimate of drug-likeness (QED) is 0.876. The summed E-state index contributed by atoms with van der Waals surface area (Å²) in [6.07, 6.45) is 2.49. The Bertz CT molecular complexity index is 740. The molecule has 2 aromatic rings. The van der Waals surface area contributed by atoms with E-state index in [1.807, 2.05) is 41.3 Å². The second-order valence-electron chi connectivity index (χ2n) is 7.46. The lowest BCUT2D eigenvalue weighted by Gasteiger charge is -2.34. The van der Waals surface area contributed by atoms with Gasteiger partial charge in [-0.25, -0.2) is 0 Å². The van der Waals surface area contributed by atoms with E-state index in [4.69, 9.17) is 9.26 Å². The predicted octanol–water partition coefficient (Wildman–Crippen LogP) is 2.36. The highest BCUT2D eigenvalue weighted by Gasteiger charge is 2.30. The van der Waals surface area contributed by atoms with Gasteiger partial charge in [-0.3, -0.25) is 4.79 Å². The van der Waals surface area contributed by atoms with Gasteiger partial charge in [-0.05, 0) is 37.8 Å². The van der Waals surface area contributed by atoms with E-state index in [0.717, 1.165) is 56.0 Å². The average Bonchev–Trinajstić information content (AvgIpc) is 3.19. The fourth-order valence-electron chi connectivity index (χ4n) is 4.07. The number of amides is 1. The van der Waals surface area contributed by atoms with Crippen molar-refractivity contribution in [1.29, 1.82) is 0 Å². The van der Waals surface area contributed by atoms with Gasteiger partial charge in [-0.1, -0.05) is 35.5 Å². The number of morpholine rings is 1. The SMILES string of the molecule is O=C(C[C@@H]1CCNC[C@@H]1Cc1cc(-c2ccccc2)on1)N1CCOCC1. The Hall–Kier alpha value is -2.18. The summed E-state index contributed by atoms with van der Waals surface area (Å²) in [5, 5.41) is 7.75. The van der Waals surface area contributed by atoms with Gasteiger partial charge in [0, 0.05) is 31.1 Å². The molecule has 1 amide bonds. The number of nitrogens with zero attached hydrogens (tertiary/aromatic N) is 2. The van der Waals surface area contributed by atoms with Gasteiger partial charge >= 0.3 is 0 Å². The van der Waals surface area contributed by atoms with E-state index in [-0.39, 0.29) is 5.91 Å². The Kier molecular flexibility index (Phi) is 5.84. The number of nitrogens with one attached hydrogen (secondary N) is 1. The molecular weight excluding hydrogens is 342 g/mol. The number of hydrogen-bond acceptors (Lipinski definition) is 5. The largest absolute Gasteiger partial charge is 0.378 e.